The Balaban J connectivity index is 1.70. The van der Waals surface area contributed by atoms with Gasteiger partial charge in [0, 0.05) is 40.7 Å². The van der Waals surface area contributed by atoms with Crippen LogP contribution in [0.15, 0.2) is 77.9 Å². The molecule has 7 nitrogen and oxygen atoms in total. The molecule has 238 valence electrons. The van der Waals surface area contributed by atoms with Crippen molar-refractivity contribution in [3.63, 3.8) is 0 Å². The number of Topliss-reactive ketones (excluding diaryl/α,β-unsaturated/α-hetero) is 1. The molecule has 0 aliphatic heterocycles. The molecule has 0 aliphatic carbocycles. The Morgan fingerprint density at radius 2 is 1.78 bits per heavy atom. The van der Waals surface area contributed by atoms with Gasteiger partial charge in [0.1, 0.15) is 5.82 Å². The minimum Gasteiger partial charge on any atom is -0.316 e. The lowest BCUT2D eigenvalue weighted by Crippen LogP contribution is -2.30. The van der Waals surface area contributed by atoms with Gasteiger partial charge in [-0.25, -0.2) is 9.37 Å². The lowest BCUT2D eigenvalue weighted by atomic mass is 10.0. The van der Waals surface area contributed by atoms with Gasteiger partial charge in [-0.1, -0.05) is 39.0 Å². The highest BCUT2D eigenvalue weighted by atomic mass is 19.4. The van der Waals surface area contributed by atoms with Gasteiger partial charge >= 0.3 is 6.18 Å². The lowest BCUT2D eigenvalue weighted by Gasteiger charge is -2.18. The molecule has 1 amide bonds. The summed E-state index contributed by atoms with van der Waals surface area (Å²) in [5.74, 6) is -1.70. The summed E-state index contributed by atoms with van der Waals surface area (Å²) in [6.07, 6.45) is -0.960. The third-order valence-corrected chi connectivity index (χ3v) is 8.05. The first-order chi connectivity index (χ1) is 21.8. The molecule has 0 fully saturated rings. The van der Waals surface area contributed by atoms with Crippen LogP contribution in [0.25, 0.3) is 27.8 Å². The Labute approximate surface area is 262 Å². The zero-order chi connectivity index (χ0) is 33.3. The highest BCUT2D eigenvalue weighted by Gasteiger charge is 2.32. The van der Waals surface area contributed by atoms with Gasteiger partial charge in [-0.2, -0.15) is 13.2 Å². The van der Waals surface area contributed by atoms with Crippen LogP contribution in [0.4, 0.5) is 23.4 Å². The van der Waals surface area contributed by atoms with E-state index in [0.29, 0.717) is 34.0 Å². The summed E-state index contributed by atoms with van der Waals surface area (Å²) in [6.45, 7) is 6.66. The van der Waals surface area contributed by atoms with E-state index in [1.165, 1.54) is 35.0 Å². The molecule has 3 aromatic carbocycles. The molecule has 1 atom stereocenters. The third kappa shape index (κ3) is 6.49. The van der Waals surface area contributed by atoms with Crippen molar-refractivity contribution in [2.24, 2.45) is 5.92 Å². The van der Waals surface area contributed by atoms with Crippen LogP contribution >= 0.6 is 0 Å². The number of rotatable bonds is 9. The standard InChI is InChI=1S/C35H32F4N4O3/c1-5-20(3)33(45)41-32-34(46)43(30(17-40-32)23-8-7-9-24(14-23)31(44)6-2)19-22-12-25(35(37,38)39)15-27(13-22)42-18-21(4)28-16-26(36)10-11-29(28)42/h7-18,20H,5-6,19H2,1-4H3,(H,40,41,45)/t20-/m1/s1. The maximum atomic E-state index is 14.3. The molecule has 5 rings (SSSR count). The number of alkyl halides is 3. The first-order valence-corrected chi connectivity index (χ1v) is 14.8. The predicted octanol–water partition coefficient (Wildman–Crippen LogP) is 7.95. The molecule has 0 unspecified atom stereocenters. The van der Waals surface area contributed by atoms with Gasteiger partial charge < -0.3 is 9.88 Å². The maximum absolute atomic E-state index is 14.3. The SMILES string of the molecule is CCC(=O)c1cccc(-c2cnc(NC(=O)[C@H](C)CC)c(=O)n2Cc2cc(-n3cc(C)c4cc(F)ccc43)cc(C(F)(F)F)c2)c1. The van der Waals surface area contributed by atoms with E-state index in [4.69, 9.17) is 0 Å². The molecule has 46 heavy (non-hydrogen) atoms. The van der Waals surface area contributed by atoms with E-state index in [-0.39, 0.29) is 41.5 Å². The highest BCUT2D eigenvalue weighted by Crippen LogP contribution is 2.34. The lowest BCUT2D eigenvalue weighted by molar-refractivity contribution is -0.137. The maximum Gasteiger partial charge on any atom is 0.416 e. The molecule has 1 N–H and O–H groups in total. The van der Waals surface area contributed by atoms with Crippen molar-refractivity contribution in [2.75, 3.05) is 5.32 Å². The summed E-state index contributed by atoms with van der Waals surface area (Å²) in [6, 6.07) is 14.1. The Hall–Kier alpha value is -5.06. The van der Waals surface area contributed by atoms with Gasteiger partial charge in [0.05, 0.1) is 29.5 Å². The minimum absolute atomic E-state index is 0.127. The van der Waals surface area contributed by atoms with Crippen molar-refractivity contribution < 1.29 is 27.2 Å². The second-order valence-electron chi connectivity index (χ2n) is 11.3. The predicted molar refractivity (Wildman–Crippen MR) is 169 cm³/mol. The molecular formula is C35H32F4N4O3. The Bertz CT molecular complexity index is 2030. The van der Waals surface area contributed by atoms with Crippen molar-refractivity contribution in [2.45, 2.75) is 53.3 Å². The van der Waals surface area contributed by atoms with Crippen molar-refractivity contribution >= 4 is 28.4 Å². The zero-order valence-electron chi connectivity index (χ0n) is 25.7. The average Bonchev–Trinajstić information content (AvgIpc) is 3.36. The molecule has 0 spiro atoms. The number of aryl methyl sites for hydroxylation is 1. The number of amides is 1. The number of aromatic nitrogens is 3. The molecule has 0 saturated heterocycles. The van der Waals surface area contributed by atoms with Crippen LogP contribution in [0.5, 0.6) is 0 Å². The Morgan fingerprint density at radius 3 is 2.48 bits per heavy atom. The number of halogens is 4. The van der Waals surface area contributed by atoms with E-state index in [2.05, 4.69) is 10.3 Å². The van der Waals surface area contributed by atoms with E-state index in [1.54, 1.807) is 55.8 Å². The van der Waals surface area contributed by atoms with Crippen molar-refractivity contribution in [3.8, 4) is 16.9 Å². The summed E-state index contributed by atoms with van der Waals surface area (Å²) in [7, 11) is 0. The first kappa shape index (κ1) is 32.3. The normalized spacial score (nSPS) is 12.3. The molecule has 0 radical (unpaired) electrons. The fraction of sp³-hybridized carbons (Fsp3) is 0.257. The van der Waals surface area contributed by atoms with Crippen molar-refractivity contribution in [3.05, 3.63) is 111 Å². The number of nitrogens with zero attached hydrogens (tertiary/aromatic N) is 3. The first-order valence-electron chi connectivity index (χ1n) is 14.8. The van der Waals surface area contributed by atoms with Crippen LogP contribution in [0.1, 0.15) is 60.7 Å². The van der Waals surface area contributed by atoms with Crippen LogP contribution in [0.2, 0.25) is 0 Å². The topological polar surface area (TPSA) is 86.0 Å². The van der Waals surface area contributed by atoms with Crippen LogP contribution in [-0.4, -0.2) is 25.8 Å². The van der Waals surface area contributed by atoms with Gasteiger partial charge in [-0.05, 0) is 66.9 Å². The Morgan fingerprint density at radius 1 is 1.02 bits per heavy atom. The second kappa shape index (κ2) is 12.7. The number of carbonyl (C=O) groups excluding carboxylic acids is 2. The van der Waals surface area contributed by atoms with Crippen molar-refractivity contribution in [1.82, 2.24) is 14.1 Å². The van der Waals surface area contributed by atoms with E-state index >= 15 is 0 Å². The minimum atomic E-state index is -4.72. The molecule has 0 aliphatic rings. The number of anilines is 1. The van der Waals surface area contributed by atoms with Crippen LogP contribution < -0.4 is 10.9 Å². The summed E-state index contributed by atoms with van der Waals surface area (Å²) in [5.41, 5.74) is 0.923. The number of benzene rings is 3. The molecular weight excluding hydrogens is 600 g/mol. The smallest absolute Gasteiger partial charge is 0.316 e. The molecule has 2 aromatic heterocycles. The quantitative estimate of drug-likeness (QED) is 0.132. The number of nitrogens with one attached hydrogen (secondary N) is 1. The van der Waals surface area contributed by atoms with E-state index in [0.717, 1.165) is 12.1 Å². The highest BCUT2D eigenvalue weighted by molar-refractivity contribution is 5.97. The van der Waals surface area contributed by atoms with E-state index in [1.807, 2.05) is 6.92 Å². The van der Waals surface area contributed by atoms with Crippen molar-refractivity contribution in [1.29, 1.82) is 0 Å². The zero-order valence-corrected chi connectivity index (χ0v) is 25.7. The Kier molecular flexibility index (Phi) is 8.96. The summed E-state index contributed by atoms with van der Waals surface area (Å²) in [4.78, 5) is 43.2. The van der Waals surface area contributed by atoms with Crippen LogP contribution in [-0.2, 0) is 17.5 Å². The summed E-state index contributed by atoms with van der Waals surface area (Å²) >= 11 is 0. The summed E-state index contributed by atoms with van der Waals surface area (Å²) < 4.78 is 59.5. The number of ketones is 1. The van der Waals surface area contributed by atoms with Crippen LogP contribution in [0.3, 0.4) is 0 Å². The average molecular weight is 633 g/mol. The molecule has 2 heterocycles. The third-order valence-electron chi connectivity index (χ3n) is 8.05. The summed E-state index contributed by atoms with van der Waals surface area (Å²) in [5, 5.41) is 3.10. The molecule has 0 bridgehead atoms. The number of hydrogen-bond donors (Lipinski definition) is 1. The second-order valence-corrected chi connectivity index (χ2v) is 11.3. The number of fused-ring (bicyclic) bond motifs is 1. The van der Waals surface area contributed by atoms with Gasteiger partial charge in [0.2, 0.25) is 5.91 Å². The molecule has 11 heteroatoms. The largest absolute Gasteiger partial charge is 0.416 e. The molecule has 5 aromatic rings. The fourth-order valence-corrected chi connectivity index (χ4v) is 5.27. The van der Waals surface area contributed by atoms with Crippen LogP contribution in [0, 0.1) is 18.7 Å². The number of carbonyl (C=O) groups is 2. The fourth-order valence-electron chi connectivity index (χ4n) is 5.27. The van der Waals surface area contributed by atoms with Gasteiger partial charge in [0.25, 0.3) is 5.56 Å². The van der Waals surface area contributed by atoms with E-state index < -0.39 is 34.9 Å². The number of hydrogen-bond acceptors (Lipinski definition) is 4. The monoisotopic (exact) mass is 632 g/mol. The van der Waals surface area contributed by atoms with Gasteiger partial charge in [-0.15, -0.1) is 0 Å². The molecule has 0 saturated carbocycles. The van der Waals surface area contributed by atoms with E-state index in [9.17, 15) is 31.9 Å². The van der Waals surface area contributed by atoms with Gasteiger partial charge in [-0.3, -0.25) is 19.0 Å². The van der Waals surface area contributed by atoms with Gasteiger partial charge in [0.15, 0.2) is 11.6 Å².